The molecule has 0 atom stereocenters. The van der Waals surface area contributed by atoms with Gasteiger partial charge in [-0.05, 0) is 0 Å². The van der Waals surface area contributed by atoms with Crippen molar-refractivity contribution in [2.45, 2.75) is 47.8 Å². The molecular formula is C8H18O4SZr. The average Bonchev–Trinajstić information content (AvgIpc) is 2.01. The molecule has 0 spiro atoms. The van der Waals surface area contributed by atoms with Crippen LogP contribution in [0, 0.1) is 0 Å². The molecule has 0 aliphatic heterocycles. The number of unbranched alkanes of at least 4 members (excludes halogenated alkanes) is 2. The van der Waals surface area contributed by atoms with Crippen molar-refractivity contribution in [2.24, 2.45) is 0 Å². The number of hydrogen-bond acceptors (Lipinski definition) is 4. The summed E-state index contributed by atoms with van der Waals surface area (Å²) in [5, 5.41) is 0. The Morgan fingerprint density at radius 3 is 1.50 bits per heavy atom. The van der Waals surface area contributed by atoms with Gasteiger partial charge in [-0.15, -0.1) is 0 Å². The summed E-state index contributed by atoms with van der Waals surface area (Å²) >= 11 is 0.149. The van der Waals surface area contributed by atoms with Crippen LogP contribution >= 0.6 is 0 Å². The summed E-state index contributed by atoms with van der Waals surface area (Å²) in [5.41, 5.74) is 0. The van der Waals surface area contributed by atoms with Gasteiger partial charge in [0.25, 0.3) is 0 Å². The molecule has 0 radical (unpaired) electrons. The predicted molar refractivity (Wildman–Crippen MR) is 49.9 cm³/mol. The fourth-order valence-electron chi connectivity index (χ4n) is 0.729. The van der Waals surface area contributed by atoms with Crippen molar-refractivity contribution in [1.82, 2.24) is 0 Å². The summed E-state index contributed by atoms with van der Waals surface area (Å²) < 4.78 is 37.3. The van der Waals surface area contributed by atoms with Gasteiger partial charge < -0.3 is 9.11 Å². The van der Waals surface area contributed by atoms with E-state index in [2.05, 4.69) is 13.8 Å². The Kier molecular flexibility index (Phi) is 14.5. The molecule has 0 saturated heterocycles. The van der Waals surface area contributed by atoms with Gasteiger partial charge in [0.1, 0.15) is 0 Å². The first-order valence-electron chi connectivity index (χ1n) is 4.79. The molecule has 4 nitrogen and oxygen atoms in total. The second-order valence-corrected chi connectivity index (χ2v) is 7.37. The molecule has 0 aromatic rings. The fraction of sp³-hybridized carbons (Fsp3) is 1.00. The van der Waals surface area contributed by atoms with Gasteiger partial charge in [0.15, 0.2) is 0 Å². The van der Waals surface area contributed by atoms with Crippen LogP contribution in [0.15, 0.2) is 0 Å². The topological polar surface area (TPSA) is 80.3 Å². The molecule has 0 rings (SSSR count). The van der Waals surface area contributed by atoms with Crippen molar-refractivity contribution in [3.63, 3.8) is 0 Å². The van der Waals surface area contributed by atoms with Crippen molar-refractivity contribution in [3.05, 3.63) is 0 Å². The van der Waals surface area contributed by atoms with Crippen LogP contribution in [0.2, 0.25) is 8.26 Å². The van der Waals surface area contributed by atoms with E-state index in [-0.39, 0.29) is 23.2 Å². The Morgan fingerprint density at radius 1 is 1.00 bits per heavy atom. The second-order valence-electron chi connectivity index (χ2n) is 2.87. The number of rotatable bonds is 6. The van der Waals surface area contributed by atoms with Crippen LogP contribution < -0.4 is 0 Å². The molecule has 0 amide bonds. The van der Waals surface area contributed by atoms with E-state index in [0.29, 0.717) is 0 Å². The van der Waals surface area contributed by atoms with Gasteiger partial charge in [0.2, 0.25) is 0 Å². The maximum atomic E-state index is 8.52. The maximum absolute atomic E-state index is 8.52. The Morgan fingerprint density at radius 2 is 1.29 bits per heavy atom. The number of hydrogen-bond donors (Lipinski definition) is 0. The normalized spacial score (nSPS) is 10.0. The molecule has 0 saturated carbocycles. The minimum absolute atomic E-state index is 0.149. The van der Waals surface area contributed by atoms with Crippen LogP contribution in [-0.4, -0.2) is 17.5 Å². The van der Waals surface area contributed by atoms with Gasteiger partial charge in [-0.2, -0.15) is 0 Å². The maximum Gasteiger partial charge on any atom is 0.0311 e. The molecule has 6 heteroatoms. The van der Waals surface area contributed by atoms with Crippen molar-refractivity contribution >= 4 is 10.4 Å². The molecular weight excluding hydrogens is 283 g/mol. The molecule has 0 N–H and O–H groups in total. The second kappa shape index (κ2) is 11.8. The van der Waals surface area contributed by atoms with Crippen molar-refractivity contribution < 1.29 is 40.8 Å². The smallest absolute Gasteiger partial charge is 0.0311 e. The van der Waals surface area contributed by atoms with Gasteiger partial charge in [0.05, 0.1) is 0 Å². The molecule has 0 aliphatic rings. The third-order valence-electron chi connectivity index (χ3n) is 1.41. The Labute approximate surface area is 98.6 Å². The third kappa shape index (κ3) is 38.6. The van der Waals surface area contributed by atoms with E-state index in [1.54, 1.807) is 8.26 Å². The Hall–Kier alpha value is 0.753. The van der Waals surface area contributed by atoms with E-state index in [1.165, 1.54) is 25.7 Å². The van der Waals surface area contributed by atoms with E-state index < -0.39 is 10.4 Å². The van der Waals surface area contributed by atoms with Gasteiger partial charge in [-0.25, -0.2) is 0 Å². The van der Waals surface area contributed by atoms with Gasteiger partial charge in [-0.3, -0.25) is 8.42 Å². The van der Waals surface area contributed by atoms with E-state index in [1.807, 2.05) is 0 Å². The standard InChI is InChI=1S/2C4H9.H2O4S.Zr/c2*1-3-4-2;1-5(2,3)4;/h2*1,3-4H2,2H3;(H2,1,2,3,4);/q;;;+2/p-2. The molecule has 0 aliphatic carbocycles. The predicted octanol–water partition coefficient (Wildman–Crippen LogP) is 2.17. The summed E-state index contributed by atoms with van der Waals surface area (Å²) in [4.78, 5) is 0. The largest absolute Gasteiger partial charge is 0.759 e. The monoisotopic (exact) mass is 300 g/mol. The molecule has 0 heterocycles. The van der Waals surface area contributed by atoms with Gasteiger partial charge >= 0.3 is 71.0 Å². The van der Waals surface area contributed by atoms with Crippen molar-refractivity contribution in [2.75, 3.05) is 0 Å². The van der Waals surface area contributed by atoms with Crippen LogP contribution in [-0.2, 0) is 33.6 Å². The molecule has 0 aromatic heterocycles. The molecule has 0 unspecified atom stereocenters. The summed E-state index contributed by atoms with van der Waals surface area (Å²) in [5.74, 6) is 0. The molecule has 0 aromatic carbocycles. The van der Waals surface area contributed by atoms with Crippen molar-refractivity contribution in [3.8, 4) is 0 Å². The zero-order valence-electron chi connectivity index (χ0n) is 8.78. The van der Waals surface area contributed by atoms with Crippen LogP contribution in [0.4, 0.5) is 0 Å². The SMILES string of the molecule is CCC[CH2][Zr+2][CH2]CCC.O=S(=O)([O-])[O-]. The molecule has 0 fully saturated rings. The van der Waals surface area contributed by atoms with Crippen molar-refractivity contribution in [1.29, 1.82) is 0 Å². The van der Waals surface area contributed by atoms with Gasteiger partial charge in [0, 0.05) is 10.4 Å². The third-order valence-corrected chi connectivity index (χ3v) is 4.89. The molecule has 84 valence electrons. The first kappa shape index (κ1) is 17.2. The summed E-state index contributed by atoms with van der Waals surface area (Å²) in [6, 6.07) is 0. The van der Waals surface area contributed by atoms with E-state index in [9.17, 15) is 0 Å². The van der Waals surface area contributed by atoms with Crippen LogP contribution in [0.5, 0.6) is 0 Å². The van der Waals surface area contributed by atoms with Crippen LogP contribution in [0.3, 0.4) is 0 Å². The quantitative estimate of drug-likeness (QED) is 0.428. The van der Waals surface area contributed by atoms with E-state index in [4.69, 9.17) is 17.5 Å². The Bertz CT molecular complexity index is 178. The fourth-order valence-corrected chi connectivity index (χ4v) is 4.31. The average molecular weight is 302 g/mol. The first-order valence-corrected chi connectivity index (χ1v) is 9.60. The zero-order chi connectivity index (χ0) is 11.4. The minimum atomic E-state index is -5.17. The summed E-state index contributed by atoms with van der Waals surface area (Å²) in [6.07, 6.45) is 5.84. The zero-order valence-corrected chi connectivity index (χ0v) is 12.1. The molecule has 0 bridgehead atoms. The summed E-state index contributed by atoms with van der Waals surface area (Å²) in [7, 11) is -5.17. The van der Waals surface area contributed by atoms with E-state index >= 15 is 0 Å². The Balaban J connectivity index is 0. The van der Waals surface area contributed by atoms with Crippen LogP contribution in [0.1, 0.15) is 39.5 Å². The van der Waals surface area contributed by atoms with Gasteiger partial charge in [-0.1, -0.05) is 0 Å². The minimum Gasteiger partial charge on any atom is -0.759 e. The first-order chi connectivity index (χ1) is 6.41. The van der Waals surface area contributed by atoms with E-state index in [0.717, 1.165) is 0 Å². The summed E-state index contributed by atoms with van der Waals surface area (Å²) in [6.45, 7) is 4.58. The molecule has 14 heavy (non-hydrogen) atoms. The van der Waals surface area contributed by atoms with Crippen LogP contribution in [0.25, 0.3) is 0 Å².